The maximum Gasteiger partial charge on any atom is 0.251 e. The van der Waals surface area contributed by atoms with Crippen molar-refractivity contribution in [3.8, 4) is 0 Å². The minimum absolute atomic E-state index is 0. The summed E-state index contributed by atoms with van der Waals surface area (Å²) in [4.78, 5) is 16.1. The lowest BCUT2D eigenvalue weighted by Gasteiger charge is -2.12. The number of nitrogens with one attached hydrogen (secondary N) is 3. The number of hydrogen-bond donors (Lipinski definition) is 3. The number of amides is 1. The fourth-order valence-electron chi connectivity index (χ4n) is 1.86. The molecule has 1 aromatic carbocycles. The van der Waals surface area contributed by atoms with Crippen molar-refractivity contribution >= 4 is 58.8 Å². The van der Waals surface area contributed by atoms with Crippen LogP contribution in [0, 0.1) is 0 Å². The predicted octanol–water partition coefficient (Wildman–Crippen LogP) is 3.11. The summed E-state index contributed by atoms with van der Waals surface area (Å²) in [7, 11) is 1.72. The van der Waals surface area contributed by atoms with E-state index < -0.39 is 0 Å². The van der Waals surface area contributed by atoms with Crippen molar-refractivity contribution in [3.05, 3.63) is 57.2 Å². The number of guanidine groups is 1. The van der Waals surface area contributed by atoms with Crippen LogP contribution in [0.3, 0.4) is 0 Å². The molecule has 0 fully saturated rings. The van der Waals surface area contributed by atoms with E-state index in [1.54, 1.807) is 42.6 Å². The Morgan fingerprint density at radius 3 is 2.46 bits per heavy atom. The van der Waals surface area contributed by atoms with Crippen LogP contribution in [0.1, 0.15) is 15.9 Å². The summed E-state index contributed by atoms with van der Waals surface area (Å²) in [6, 6.07) is 8.87. The third-order valence-electron chi connectivity index (χ3n) is 3.07. The van der Waals surface area contributed by atoms with Crippen molar-refractivity contribution in [2.75, 3.05) is 20.1 Å². The number of hydrogen-bond acceptors (Lipinski definition) is 3. The van der Waals surface area contributed by atoms with Crippen molar-refractivity contribution < 1.29 is 4.79 Å². The van der Waals surface area contributed by atoms with Gasteiger partial charge in [0.1, 0.15) is 0 Å². The summed E-state index contributed by atoms with van der Waals surface area (Å²) in [5, 5.41) is 14.0. The van der Waals surface area contributed by atoms with Gasteiger partial charge in [0.05, 0.1) is 0 Å². The van der Waals surface area contributed by atoms with Crippen LogP contribution in [0.15, 0.2) is 46.1 Å². The molecule has 24 heavy (non-hydrogen) atoms. The van der Waals surface area contributed by atoms with Gasteiger partial charge in [0.2, 0.25) is 0 Å². The van der Waals surface area contributed by atoms with Gasteiger partial charge in [-0.2, -0.15) is 11.3 Å². The van der Waals surface area contributed by atoms with Gasteiger partial charge in [-0.1, -0.05) is 11.6 Å². The van der Waals surface area contributed by atoms with Gasteiger partial charge in [-0.15, -0.1) is 24.0 Å². The number of thiophene rings is 1. The summed E-state index contributed by atoms with van der Waals surface area (Å²) in [5.41, 5.74) is 1.81. The molecule has 2 rings (SSSR count). The van der Waals surface area contributed by atoms with Crippen LogP contribution in [-0.4, -0.2) is 32.0 Å². The number of benzene rings is 1. The number of nitrogens with zero attached hydrogens (tertiary/aromatic N) is 1. The van der Waals surface area contributed by atoms with Gasteiger partial charge in [0.25, 0.3) is 5.91 Å². The zero-order chi connectivity index (χ0) is 16.5. The van der Waals surface area contributed by atoms with E-state index in [-0.39, 0.29) is 29.9 Å². The first kappa shape index (κ1) is 20.7. The molecular formula is C16H20ClIN4OS. The van der Waals surface area contributed by atoms with Gasteiger partial charge in [-0.25, -0.2) is 0 Å². The fourth-order valence-corrected chi connectivity index (χ4v) is 2.65. The first-order valence-corrected chi connectivity index (χ1v) is 8.50. The van der Waals surface area contributed by atoms with Gasteiger partial charge in [-0.3, -0.25) is 9.79 Å². The van der Waals surface area contributed by atoms with Crippen LogP contribution in [0.5, 0.6) is 0 Å². The van der Waals surface area contributed by atoms with Crippen LogP contribution < -0.4 is 16.0 Å². The molecule has 1 amide bonds. The van der Waals surface area contributed by atoms with Crippen LogP contribution in [-0.2, 0) is 6.54 Å². The number of aliphatic imine (C=N–C) groups is 1. The van der Waals surface area contributed by atoms with Crippen molar-refractivity contribution in [3.63, 3.8) is 0 Å². The highest BCUT2D eigenvalue weighted by atomic mass is 127. The molecule has 1 aromatic heterocycles. The lowest BCUT2D eigenvalue weighted by atomic mass is 10.2. The summed E-state index contributed by atoms with van der Waals surface area (Å²) in [5.74, 6) is 0.585. The molecule has 0 aliphatic carbocycles. The normalized spacial score (nSPS) is 10.7. The van der Waals surface area contributed by atoms with Crippen molar-refractivity contribution in [1.82, 2.24) is 16.0 Å². The van der Waals surface area contributed by atoms with Crippen LogP contribution in [0.4, 0.5) is 0 Å². The van der Waals surface area contributed by atoms with Crippen molar-refractivity contribution in [2.45, 2.75) is 6.54 Å². The molecule has 0 saturated heterocycles. The average Bonchev–Trinajstić information content (AvgIpc) is 3.08. The first-order chi connectivity index (χ1) is 11.2. The van der Waals surface area contributed by atoms with Crippen LogP contribution >= 0.6 is 46.9 Å². The Kier molecular flexibility index (Phi) is 9.73. The largest absolute Gasteiger partial charge is 0.355 e. The Labute approximate surface area is 167 Å². The SMILES string of the molecule is CN=C(NCCNC(=O)c1ccc(Cl)cc1)NCc1ccsc1.I. The maximum absolute atomic E-state index is 11.9. The standard InChI is InChI=1S/C16H19ClN4OS.HI/c1-18-16(21-10-12-6-9-23-11-12)20-8-7-19-15(22)13-2-4-14(17)5-3-13;/h2-6,9,11H,7-8,10H2,1H3,(H,19,22)(H2,18,20,21);1H. The molecule has 0 spiro atoms. The smallest absolute Gasteiger partial charge is 0.251 e. The molecule has 0 aliphatic rings. The Morgan fingerprint density at radius 2 is 1.83 bits per heavy atom. The Morgan fingerprint density at radius 1 is 1.12 bits per heavy atom. The predicted molar refractivity (Wildman–Crippen MR) is 112 cm³/mol. The number of halogens is 2. The van der Waals surface area contributed by atoms with Gasteiger partial charge in [-0.05, 0) is 46.7 Å². The third kappa shape index (κ3) is 7.06. The molecule has 2 aromatic rings. The van der Waals surface area contributed by atoms with Crippen molar-refractivity contribution in [2.24, 2.45) is 4.99 Å². The van der Waals surface area contributed by atoms with E-state index >= 15 is 0 Å². The van der Waals surface area contributed by atoms with E-state index in [1.807, 2.05) is 5.38 Å². The topological polar surface area (TPSA) is 65.5 Å². The summed E-state index contributed by atoms with van der Waals surface area (Å²) >= 11 is 7.47. The summed E-state index contributed by atoms with van der Waals surface area (Å²) in [6.07, 6.45) is 0. The second-order valence-corrected chi connectivity index (χ2v) is 5.96. The van der Waals surface area contributed by atoms with Gasteiger partial charge < -0.3 is 16.0 Å². The summed E-state index contributed by atoms with van der Waals surface area (Å²) < 4.78 is 0. The van der Waals surface area contributed by atoms with Crippen LogP contribution in [0.2, 0.25) is 5.02 Å². The quantitative estimate of drug-likeness (QED) is 0.259. The first-order valence-electron chi connectivity index (χ1n) is 7.18. The number of carbonyl (C=O) groups excluding carboxylic acids is 1. The molecule has 8 heteroatoms. The second-order valence-electron chi connectivity index (χ2n) is 4.75. The second kappa shape index (κ2) is 11.3. The number of rotatable bonds is 6. The molecular weight excluding hydrogens is 459 g/mol. The highest BCUT2D eigenvalue weighted by Gasteiger charge is 2.04. The zero-order valence-corrected chi connectivity index (χ0v) is 17.1. The molecule has 0 atom stereocenters. The third-order valence-corrected chi connectivity index (χ3v) is 4.06. The molecule has 3 N–H and O–H groups in total. The Balaban J connectivity index is 0.00000288. The van der Waals surface area contributed by atoms with E-state index in [0.717, 1.165) is 6.54 Å². The average molecular weight is 479 g/mol. The van der Waals surface area contributed by atoms with E-state index in [2.05, 4.69) is 32.4 Å². The van der Waals surface area contributed by atoms with E-state index in [1.165, 1.54) is 5.56 Å². The molecule has 0 saturated carbocycles. The lowest BCUT2D eigenvalue weighted by Crippen LogP contribution is -2.41. The van der Waals surface area contributed by atoms with E-state index in [0.29, 0.717) is 29.6 Å². The summed E-state index contributed by atoms with van der Waals surface area (Å²) in [6.45, 7) is 1.81. The minimum Gasteiger partial charge on any atom is -0.355 e. The minimum atomic E-state index is -0.121. The Bertz CT molecular complexity index is 647. The van der Waals surface area contributed by atoms with E-state index in [9.17, 15) is 4.79 Å². The van der Waals surface area contributed by atoms with Gasteiger partial charge in [0.15, 0.2) is 5.96 Å². The molecule has 130 valence electrons. The molecule has 0 radical (unpaired) electrons. The zero-order valence-electron chi connectivity index (χ0n) is 13.2. The van der Waals surface area contributed by atoms with Crippen LogP contribution in [0.25, 0.3) is 0 Å². The Hall–Kier alpha value is -1.32. The van der Waals surface area contributed by atoms with Crippen molar-refractivity contribution in [1.29, 1.82) is 0 Å². The molecule has 0 bridgehead atoms. The highest BCUT2D eigenvalue weighted by molar-refractivity contribution is 14.0. The maximum atomic E-state index is 11.9. The molecule has 1 heterocycles. The molecule has 0 unspecified atom stereocenters. The molecule has 5 nitrogen and oxygen atoms in total. The van der Waals surface area contributed by atoms with Gasteiger partial charge in [0, 0.05) is 37.3 Å². The number of carbonyl (C=O) groups is 1. The lowest BCUT2D eigenvalue weighted by molar-refractivity contribution is 0.0954. The highest BCUT2D eigenvalue weighted by Crippen LogP contribution is 2.09. The molecule has 0 aliphatic heterocycles. The monoisotopic (exact) mass is 478 g/mol. The van der Waals surface area contributed by atoms with E-state index in [4.69, 9.17) is 11.6 Å². The fraction of sp³-hybridized carbons (Fsp3) is 0.250. The van der Waals surface area contributed by atoms with Gasteiger partial charge >= 0.3 is 0 Å².